The third-order valence-corrected chi connectivity index (χ3v) is 8.21. The Morgan fingerprint density at radius 3 is 2.14 bits per heavy atom. The number of carbonyl (C=O) groups excluding carboxylic acids is 1. The summed E-state index contributed by atoms with van der Waals surface area (Å²) in [5.41, 5.74) is 0.994. The number of aromatic nitrogens is 1. The predicted molar refractivity (Wildman–Crippen MR) is 138 cm³/mol. The number of fused-ring (bicyclic) bond motifs is 1. The third kappa shape index (κ3) is 4.86. The predicted octanol–water partition coefficient (Wildman–Crippen LogP) is 2.17. The van der Waals surface area contributed by atoms with Gasteiger partial charge in [0, 0.05) is 62.5 Å². The van der Waals surface area contributed by atoms with E-state index in [1.165, 1.54) is 39.5 Å². The fourth-order valence-corrected chi connectivity index (χ4v) is 5.82. The molecule has 1 aromatic heterocycles. The average Bonchev–Trinajstić information content (AvgIpc) is 3.24. The number of aryl methyl sites for hydroxylation is 1. The molecular formula is C25H32N4O6S. The van der Waals surface area contributed by atoms with Crippen molar-refractivity contribution >= 4 is 32.5 Å². The molecule has 0 atom stereocenters. The van der Waals surface area contributed by atoms with Crippen LogP contribution in [0.2, 0.25) is 0 Å². The van der Waals surface area contributed by atoms with Gasteiger partial charge in [-0.3, -0.25) is 9.69 Å². The number of piperazine rings is 1. The number of hydrogen-bond acceptors (Lipinski definition) is 8. The minimum atomic E-state index is -4.28. The monoisotopic (exact) mass is 516 g/mol. The summed E-state index contributed by atoms with van der Waals surface area (Å²) in [6.07, 6.45) is 1.86. The van der Waals surface area contributed by atoms with Gasteiger partial charge >= 0.3 is 0 Å². The molecule has 1 saturated heterocycles. The molecule has 10 nitrogen and oxygen atoms in total. The Morgan fingerprint density at radius 1 is 0.917 bits per heavy atom. The van der Waals surface area contributed by atoms with Gasteiger partial charge < -0.3 is 23.7 Å². The van der Waals surface area contributed by atoms with Crippen LogP contribution in [-0.2, 0) is 21.9 Å². The lowest BCUT2D eigenvalue weighted by atomic mass is 10.2. The Hall–Kier alpha value is -3.28. The van der Waals surface area contributed by atoms with Gasteiger partial charge in [-0.15, -0.1) is 0 Å². The van der Waals surface area contributed by atoms with E-state index in [-0.39, 0.29) is 28.6 Å². The van der Waals surface area contributed by atoms with Gasteiger partial charge in [-0.1, -0.05) is 0 Å². The average molecular weight is 517 g/mol. The second-order valence-corrected chi connectivity index (χ2v) is 10.6. The van der Waals surface area contributed by atoms with Crippen LogP contribution in [0.25, 0.3) is 10.9 Å². The molecule has 194 valence electrons. The molecule has 0 bridgehead atoms. The first-order valence-electron chi connectivity index (χ1n) is 11.5. The number of amides is 1. The summed E-state index contributed by atoms with van der Waals surface area (Å²) in [6.45, 7) is 2.89. The SMILES string of the molecule is COc1cc(N(C(=O)CN2CCN(C)CC2)S(=O)(=O)c2ccc3c(ccn3C)c2)cc(OC)c1OC. The lowest BCUT2D eigenvalue weighted by molar-refractivity contribution is -0.118. The highest BCUT2D eigenvalue weighted by atomic mass is 32.2. The number of methoxy groups -OCH3 is 3. The van der Waals surface area contributed by atoms with Crippen molar-refractivity contribution in [3.63, 3.8) is 0 Å². The summed E-state index contributed by atoms with van der Waals surface area (Å²) in [5.74, 6) is 0.233. The van der Waals surface area contributed by atoms with Crippen molar-refractivity contribution < 1.29 is 27.4 Å². The highest BCUT2D eigenvalue weighted by Crippen LogP contribution is 2.42. The molecule has 0 radical (unpaired) electrons. The molecule has 3 aromatic rings. The molecule has 1 aliphatic heterocycles. The van der Waals surface area contributed by atoms with Crippen LogP contribution in [-0.4, -0.2) is 89.8 Å². The van der Waals surface area contributed by atoms with Gasteiger partial charge in [-0.05, 0) is 31.3 Å². The van der Waals surface area contributed by atoms with Gasteiger partial charge in [0.2, 0.25) is 5.75 Å². The lowest BCUT2D eigenvalue weighted by Gasteiger charge is -2.33. The molecular weight excluding hydrogens is 484 g/mol. The van der Waals surface area contributed by atoms with Crippen LogP contribution in [0.5, 0.6) is 17.2 Å². The quantitative estimate of drug-likeness (QED) is 0.450. The summed E-state index contributed by atoms with van der Waals surface area (Å²) in [7, 11) is 3.97. The maximum Gasteiger partial charge on any atom is 0.270 e. The van der Waals surface area contributed by atoms with Gasteiger partial charge in [-0.25, -0.2) is 12.7 Å². The van der Waals surface area contributed by atoms with Gasteiger partial charge in [0.1, 0.15) is 0 Å². The maximum atomic E-state index is 14.0. The smallest absolute Gasteiger partial charge is 0.270 e. The molecule has 1 fully saturated rings. The van der Waals surface area contributed by atoms with Crippen molar-refractivity contribution in [2.75, 3.05) is 65.4 Å². The van der Waals surface area contributed by atoms with E-state index in [2.05, 4.69) is 4.90 Å². The van der Waals surface area contributed by atoms with E-state index < -0.39 is 15.9 Å². The number of nitrogens with zero attached hydrogens (tertiary/aromatic N) is 4. The molecule has 4 rings (SSSR count). The summed E-state index contributed by atoms with van der Waals surface area (Å²) in [6, 6.07) is 9.62. The van der Waals surface area contributed by atoms with Crippen LogP contribution in [0.15, 0.2) is 47.5 Å². The van der Waals surface area contributed by atoms with Crippen molar-refractivity contribution in [1.29, 1.82) is 0 Å². The summed E-state index contributed by atoms with van der Waals surface area (Å²) in [4.78, 5) is 17.9. The number of carbonyl (C=O) groups is 1. The zero-order valence-electron chi connectivity index (χ0n) is 21.2. The molecule has 0 N–H and O–H groups in total. The number of anilines is 1. The van der Waals surface area contributed by atoms with Gasteiger partial charge in [0.05, 0.1) is 38.5 Å². The van der Waals surface area contributed by atoms with E-state index in [1.807, 2.05) is 35.8 Å². The topological polar surface area (TPSA) is 93.6 Å². The van der Waals surface area contributed by atoms with Crippen LogP contribution in [0.1, 0.15) is 0 Å². The molecule has 1 amide bonds. The molecule has 0 unspecified atom stereocenters. The van der Waals surface area contributed by atoms with Crippen molar-refractivity contribution in [2.24, 2.45) is 7.05 Å². The minimum absolute atomic E-state index is 0.0154. The van der Waals surface area contributed by atoms with Crippen LogP contribution < -0.4 is 18.5 Å². The number of hydrogen-bond donors (Lipinski definition) is 0. The highest BCUT2D eigenvalue weighted by molar-refractivity contribution is 7.93. The zero-order valence-corrected chi connectivity index (χ0v) is 22.0. The molecule has 0 saturated carbocycles. The van der Waals surface area contributed by atoms with Gasteiger partial charge in [0.15, 0.2) is 11.5 Å². The highest BCUT2D eigenvalue weighted by Gasteiger charge is 2.34. The van der Waals surface area contributed by atoms with E-state index in [0.717, 1.165) is 28.3 Å². The molecule has 1 aliphatic rings. The molecule has 11 heteroatoms. The minimum Gasteiger partial charge on any atom is -0.493 e. The fraction of sp³-hybridized carbons (Fsp3) is 0.400. The Balaban J connectivity index is 1.82. The number of rotatable bonds is 8. The fourth-order valence-electron chi connectivity index (χ4n) is 4.39. The van der Waals surface area contributed by atoms with Crippen molar-refractivity contribution in [2.45, 2.75) is 4.90 Å². The van der Waals surface area contributed by atoms with E-state index in [9.17, 15) is 13.2 Å². The number of likely N-dealkylation sites (N-methyl/N-ethyl adjacent to an activating group) is 1. The van der Waals surface area contributed by atoms with Gasteiger partial charge in [-0.2, -0.15) is 0 Å². The van der Waals surface area contributed by atoms with Crippen LogP contribution in [0.4, 0.5) is 5.69 Å². The Kier molecular flexibility index (Phi) is 7.43. The summed E-state index contributed by atoms with van der Waals surface area (Å²) < 4.78 is 47.1. The zero-order chi connectivity index (χ0) is 26.0. The molecule has 0 aliphatic carbocycles. The normalized spacial score (nSPS) is 15.1. The third-order valence-electron chi connectivity index (χ3n) is 6.46. The van der Waals surface area contributed by atoms with E-state index in [1.54, 1.807) is 12.1 Å². The Morgan fingerprint density at radius 2 is 1.56 bits per heavy atom. The van der Waals surface area contributed by atoms with Crippen molar-refractivity contribution in [3.8, 4) is 17.2 Å². The van der Waals surface area contributed by atoms with E-state index >= 15 is 0 Å². The summed E-state index contributed by atoms with van der Waals surface area (Å²) >= 11 is 0. The number of ether oxygens (including phenoxy) is 3. The second kappa shape index (κ2) is 10.4. The number of sulfonamides is 1. The van der Waals surface area contributed by atoms with Crippen molar-refractivity contribution in [1.82, 2.24) is 14.4 Å². The second-order valence-electron chi connectivity index (χ2n) is 8.77. The lowest BCUT2D eigenvalue weighted by Crippen LogP contribution is -2.50. The van der Waals surface area contributed by atoms with E-state index in [4.69, 9.17) is 14.2 Å². The summed E-state index contributed by atoms with van der Waals surface area (Å²) in [5, 5.41) is 0.759. The first-order chi connectivity index (χ1) is 17.2. The standard InChI is InChI=1S/C25H32N4O6S/c1-26-10-12-28(13-11-26)17-24(30)29(19-15-22(33-3)25(35-5)23(16-19)34-4)36(31,32)20-6-7-21-18(14-20)8-9-27(21)2/h6-9,14-16H,10-13,17H2,1-5H3. The largest absolute Gasteiger partial charge is 0.493 e. The number of benzene rings is 2. The Bertz CT molecular complexity index is 1340. The van der Waals surface area contributed by atoms with E-state index in [0.29, 0.717) is 18.8 Å². The molecule has 2 heterocycles. The van der Waals surface area contributed by atoms with Crippen molar-refractivity contribution in [3.05, 3.63) is 42.6 Å². The molecule has 2 aromatic carbocycles. The molecule has 36 heavy (non-hydrogen) atoms. The first kappa shape index (κ1) is 25.8. The van der Waals surface area contributed by atoms with Crippen LogP contribution >= 0.6 is 0 Å². The molecule has 0 spiro atoms. The van der Waals surface area contributed by atoms with Gasteiger partial charge in [0.25, 0.3) is 15.9 Å². The first-order valence-corrected chi connectivity index (χ1v) is 13.0. The Labute approximate surface area is 211 Å². The van der Waals surface area contributed by atoms with Crippen LogP contribution in [0.3, 0.4) is 0 Å². The maximum absolute atomic E-state index is 14.0. The van der Waals surface area contributed by atoms with Crippen LogP contribution in [0, 0.1) is 0 Å².